The van der Waals surface area contributed by atoms with Gasteiger partial charge in [0.15, 0.2) is 6.61 Å². The van der Waals surface area contributed by atoms with Crippen molar-refractivity contribution >= 4 is 22.5 Å². The Hall–Kier alpha value is -3.02. The highest BCUT2D eigenvalue weighted by Gasteiger charge is 2.11. The fourth-order valence-corrected chi connectivity index (χ4v) is 2.24. The van der Waals surface area contributed by atoms with Crippen molar-refractivity contribution in [2.24, 2.45) is 0 Å². The minimum Gasteiger partial charge on any atom is -0.467 e. The molecule has 0 aliphatic rings. The van der Waals surface area contributed by atoms with Gasteiger partial charge < -0.3 is 10.1 Å². The summed E-state index contributed by atoms with van der Waals surface area (Å²) in [6.45, 7) is 1.68. The first-order valence-corrected chi connectivity index (χ1v) is 7.60. The quantitative estimate of drug-likeness (QED) is 0.781. The predicted molar refractivity (Wildman–Crippen MR) is 89.4 cm³/mol. The van der Waals surface area contributed by atoms with Crippen LogP contribution in [0.5, 0.6) is 5.88 Å². The lowest BCUT2D eigenvalue weighted by Gasteiger charge is -2.10. The van der Waals surface area contributed by atoms with Crippen molar-refractivity contribution in [3.8, 4) is 5.88 Å². The van der Waals surface area contributed by atoms with Gasteiger partial charge in [-0.2, -0.15) is 4.98 Å². The maximum atomic E-state index is 13.5. The van der Waals surface area contributed by atoms with Crippen molar-refractivity contribution in [2.75, 3.05) is 11.9 Å². The molecule has 6 heteroatoms. The molecule has 3 rings (SSSR count). The van der Waals surface area contributed by atoms with Crippen LogP contribution in [0.15, 0.2) is 48.5 Å². The maximum absolute atomic E-state index is 13.5. The number of carbonyl (C=O) groups is 1. The lowest BCUT2D eigenvalue weighted by molar-refractivity contribution is -0.118. The van der Waals surface area contributed by atoms with Crippen molar-refractivity contribution in [3.63, 3.8) is 0 Å². The zero-order valence-electron chi connectivity index (χ0n) is 13.1. The largest absolute Gasteiger partial charge is 0.467 e. The number of benzene rings is 2. The Balaban J connectivity index is 1.75. The van der Waals surface area contributed by atoms with E-state index in [0.29, 0.717) is 18.1 Å². The van der Waals surface area contributed by atoms with Gasteiger partial charge in [-0.3, -0.25) is 4.79 Å². The number of para-hydroxylation sites is 2. The number of rotatable bonds is 5. The van der Waals surface area contributed by atoms with E-state index < -0.39 is 11.7 Å². The van der Waals surface area contributed by atoms with E-state index in [0.717, 1.165) is 10.9 Å². The van der Waals surface area contributed by atoms with E-state index in [2.05, 4.69) is 15.3 Å². The molecule has 0 atom stereocenters. The fourth-order valence-electron chi connectivity index (χ4n) is 2.24. The molecule has 1 amide bonds. The molecule has 0 aliphatic heterocycles. The number of amides is 1. The van der Waals surface area contributed by atoms with Gasteiger partial charge in [0.25, 0.3) is 5.91 Å². The molecule has 1 aromatic heterocycles. The molecular weight excluding hydrogens is 309 g/mol. The van der Waals surface area contributed by atoms with E-state index in [1.807, 2.05) is 31.2 Å². The molecule has 0 fully saturated rings. The number of aromatic nitrogens is 2. The SMILES string of the molecule is CCc1nc(OCC(=O)Nc2ccccc2F)c2ccccc2n1. The molecule has 1 N–H and O–H groups in total. The zero-order chi connectivity index (χ0) is 16.9. The van der Waals surface area contributed by atoms with Crippen LogP contribution < -0.4 is 10.1 Å². The van der Waals surface area contributed by atoms with Gasteiger partial charge in [0.05, 0.1) is 16.6 Å². The van der Waals surface area contributed by atoms with E-state index in [1.165, 1.54) is 12.1 Å². The summed E-state index contributed by atoms with van der Waals surface area (Å²) in [6, 6.07) is 13.4. The molecule has 2 aromatic carbocycles. The zero-order valence-corrected chi connectivity index (χ0v) is 13.1. The van der Waals surface area contributed by atoms with Gasteiger partial charge in [-0.05, 0) is 24.3 Å². The van der Waals surface area contributed by atoms with Crippen molar-refractivity contribution in [1.82, 2.24) is 9.97 Å². The average Bonchev–Trinajstić information content (AvgIpc) is 2.61. The van der Waals surface area contributed by atoms with Gasteiger partial charge in [-0.1, -0.05) is 31.2 Å². The highest BCUT2D eigenvalue weighted by molar-refractivity contribution is 5.92. The van der Waals surface area contributed by atoms with Gasteiger partial charge in [0.2, 0.25) is 5.88 Å². The number of nitrogens with zero attached hydrogens (tertiary/aromatic N) is 2. The summed E-state index contributed by atoms with van der Waals surface area (Å²) in [7, 11) is 0. The van der Waals surface area contributed by atoms with Crippen LogP contribution >= 0.6 is 0 Å². The standard InChI is InChI=1S/C18H16FN3O2/c1-2-16-20-14-9-5-3-7-12(14)18(22-16)24-11-17(23)21-15-10-6-4-8-13(15)19/h3-10H,2,11H2,1H3,(H,21,23). The second-order valence-corrected chi connectivity index (χ2v) is 5.13. The Bertz CT molecular complexity index is 883. The molecule has 0 spiro atoms. The lowest BCUT2D eigenvalue weighted by atomic mass is 10.2. The lowest BCUT2D eigenvalue weighted by Crippen LogP contribution is -2.21. The third-order valence-electron chi connectivity index (χ3n) is 3.42. The molecule has 0 unspecified atom stereocenters. The maximum Gasteiger partial charge on any atom is 0.262 e. The van der Waals surface area contributed by atoms with Crippen LogP contribution in [0.3, 0.4) is 0 Å². The van der Waals surface area contributed by atoms with Gasteiger partial charge in [-0.15, -0.1) is 0 Å². The van der Waals surface area contributed by atoms with Crippen LogP contribution in [0.2, 0.25) is 0 Å². The van der Waals surface area contributed by atoms with Gasteiger partial charge >= 0.3 is 0 Å². The second-order valence-electron chi connectivity index (χ2n) is 5.13. The highest BCUT2D eigenvalue weighted by Crippen LogP contribution is 2.22. The molecule has 1 heterocycles. The molecule has 122 valence electrons. The summed E-state index contributed by atoms with van der Waals surface area (Å²) >= 11 is 0. The van der Waals surface area contributed by atoms with E-state index >= 15 is 0 Å². The van der Waals surface area contributed by atoms with Crippen LogP contribution in [-0.2, 0) is 11.2 Å². The Morgan fingerprint density at radius 1 is 1.12 bits per heavy atom. The number of anilines is 1. The van der Waals surface area contributed by atoms with Crippen LogP contribution in [0.25, 0.3) is 10.9 Å². The first kappa shape index (κ1) is 15.9. The fraction of sp³-hybridized carbons (Fsp3) is 0.167. The monoisotopic (exact) mass is 325 g/mol. The summed E-state index contributed by atoms with van der Waals surface area (Å²) in [5.74, 6) is 0.0341. The first-order valence-electron chi connectivity index (χ1n) is 7.60. The highest BCUT2D eigenvalue weighted by atomic mass is 19.1. The number of aryl methyl sites for hydroxylation is 1. The number of carbonyl (C=O) groups excluding carboxylic acids is 1. The number of hydrogen-bond acceptors (Lipinski definition) is 4. The van der Waals surface area contributed by atoms with Gasteiger partial charge in [0.1, 0.15) is 11.6 Å². The molecular formula is C18H16FN3O2. The van der Waals surface area contributed by atoms with E-state index in [9.17, 15) is 9.18 Å². The van der Waals surface area contributed by atoms with Gasteiger partial charge in [-0.25, -0.2) is 9.37 Å². The Labute approximate surface area is 138 Å². The van der Waals surface area contributed by atoms with Crippen LogP contribution in [0.4, 0.5) is 10.1 Å². The summed E-state index contributed by atoms with van der Waals surface area (Å²) in [5, 5.41) is 3.20. The van der Waals surface area contributed by atoms with E-state index in [1.54, 1.807) is 12.1 Å². The Morgan fingerprint density at radius 2 is 1.88 bits per heavy atom. The summed E-state index contributed by atoms with van der Waals surface area (Å²) in [6.07, 6.45) is 0.655. The minimum absolute atomic E-state index is 0.118. The topological polar surface area (TPSA) is 64.1 Å². The van der Waals surface area contributed by atoms with Crippen molar-refractivity contribution in [3.05, 3.63) is 60.2 Å². The number of hydrogen-bond donors (Lipinski definition) is 1. The predicted octanol–water partition coefficient (Wildman–Crippen LogP) is 3.35. The van der Waals surface area contributed by atoms with E-state index in [-0.39, 0.29) is 12.3 Å². The third-order valence-corrected chi connectivity index (χ3v) is 3.42. The van der Waals surface area contributed by atoms with Crippen molar-refractivity contribution < 1.29 is 13.9 Å². The van der Waals surface area contributed by atoms with Crippen LogP contribution in [-0.4, -0.2) is 22.5 Å². The molecule has 0 aliphatic carbocycles. The number of halogens is 1. The number of nitrogens with one attached hydrogen (secondary N) is 1. The van der Waals surface area contributed by atoms with Crippen LogP contribution in [0.1, 0.15) is 12.7 Å². The molecule has 0 saturated heterocycles. The van der Waals surface area contributed by atoms with Crippen molar-refractivity contribution in [1.29, 1.82) is 0 Å². The van der Waals surface area contributed by atoms with Crippen LogP contribution in [0, 0.1) is 5.82 Å². The Kier molecular flexibility index (Phi) is 4.65. The first-order chi connectivity index (χ1) is 11.7. The number of ether oxygens (including phenoxy) is 1. The molecule has 0 radical (unpaired) electrons. The van der Waals surface area contributed by atoms with Gasteiger partial charge in [0, 0.05) is 6.42 Å². The number of fused-ring (bicyclic) bond motifs is 1. The molecule has 24 heavy (non-hydrogen) atoms. The van der Waals surface area contributed by atoms with E-state index in [4.69, 9.17) is 4.74 Å². The molecule has 0 bridgehead atoms. The summed E-state index contributed by atoms with van der Waals surface area (Å²) < 4.78 is 19.1. The smallest absolute Gasteiger partial charge is 0.262 e. The molecule has 0 saturated carbocycles. The normalized spacial score (nSPS) is 10.6. The summed E-state index contributed by atoms with van der Waals surface area (Å²) in [4.78, 5) is 20.7. The minimum atomic E-state index is -0.494. The Morgan fingerprint density at radius 3 is 2.67 bits per heavy atom. The molecule has 3 aromatic rings. The third kappa shape index (κ3) is 3.48. The molecule has 5 nitrogen and oxygen atoms in total. The second kappa shape index (κ2) is 7.04. The summed E-state index contributed by atoms with van der Waals surface area (Å²) in [5.41, 5.74) is 0.877. The van der Waals surface area contributed by atoms with Crippen molar-refractivity contribution in [2.45, 2.75) is 13.3 Å². The average molecular weight is 325 g/mol.